The highest BCUT2D eigenvalue weighted by molar-refractivity contribution is 5.74. The van der Waals surface area contributed by atoms with Gasteiger partial charge in [0.25, 0.3) is 5.91 Å². The molecule has 0 atom stereocenters. The molecular formula is C5H10N6O2. The fraction of sp³-hybridized carbons (Fsp3) is 0.400. The molecule has 0 aliphatic rings. The van der Waals surface area contributed by atoms with E-state index in [0.29, 0.717) is 5.82 Å². The van der Waals surface area contributed by atoms with Crippen molar-refractivity contribution in [2.45, 2.75) is 13.5 Å². The minimum Gasteiger partial charge on any atom is -0.333 e. The molecule has 0 spiro atoms. The fourth-order valence-corrected chi connectivity index (χ4v) is 0.813. The summed E-state index contributed by atoms with van der Waals surface area (Å²) in [6.45, 7) is 1.32. The van der Waals surface area contributed by atoms with E-state index in [1.54, 1.807) is 6.92 Å². The third-order valence-corrected chi connectivity index (χ3v) is 1.50. The molecule has 8 heteroatoms. The van der Waals surface area contributed by atoms with Crippen LogP contribution >= 0.6 is 0 Å². The summed E-state index contributed by atoms with van der Waals surface area (Å²) in [4.78, 5) is 21.9. The van der Waals surface area contributed by atoms with E-state index >= 15 is 0 Å². The first-order valence-corrected chi connectivity index (χ1v) is 3.47. The van der Waals surface area contributed by atoms with Gasteiger partial charge in [-0.2, -0.15) is 9.77 Å². The van der Waals surface area contributed by atoms with Crippen molar-refractivity contribution >= 4 is 5.91 Å². The molecule has 0 radical (unpaired) electrons. The van der Waals surface area contributed by atoms with E-state index in [2.05, 4.69) is 5.10 Å². The van der Waals surface area contributed by atoms with E-state index in [1.807, 2.05) is 5.43 Å². The molecule has 0 fully saturated rings. The molecular weight excluding hydrogens is 176 g/mol. The number of amides is 1. The van der Waals surface area contributed by atoms with E-state index in [1.165, 1.54) is 0 Å². The van der Waals surface area contributed by atoms with E-state index in [4.69, 9.17) is 11.7 Å². The lowest BCUT2D eigenvalue weighted by atomic mass is 10.6. The van der Waals surface area contributed by atoms with Crippen molar-refractivity contribution in [3.63, 3.8) is 0 Å². The van der Waals surface area contributed by atoms with Crippen molar-refractivity contribution in [1.29, 1.82) is 0 Å². The van der Waals surface area contributed by atoms with Crippen LogP contribution in [-0.4, -0.2) is 20.4 Å². The molecule has 1 heterocycles. The van der Waals surface area contributed by atoms with Gasteiger partial charge in [-0.05, 0) is 6.92 Å². The average molecular weight is 186 g/mol. The molecule has 8 nitrogen and oxygen atoms in total. The Morgan fingerprint density at radius 3 is 2.69 bits per heavy atom. The summed E-state index contributed by atoms with van der Waals surface area (Å²) in [6, 6.07) is 0. The van der Waals surface area contributed by atoms with Gasteiger partial charge in [-0.25, -0.2) is 15.3 Å². The zero-order valence-corrected chi connectivity index (χ0v) is 7.02. The molecule has 13 heavy (non-hydrogen) atoms. The first-order valence-electron chi connectivity index (χ1n) is 3.47. The minimum absolute atomic E-state index is 0.236. The summed E-state index contributed by atoms with van der Waals surface area (Å²) in [7, 11) is 0. The van der Waals surface area contributed by atoms with Crippen molar-refractivity contribution in [3.05, 3.63) is 16.3 Å². The molecule has 0 aliphatic heterocycles. The number of aryl methyl sites for hydroxylation is 1. The number of carbonyl (C=O) groups is 1. The maximum absolute atomic E-state index is 11.2. The Morgan fingerprint density at radius 2 is 2.31 bits per heavy atom. The standard InChI is InChI=1S/C5H10N6O2/c1-3-9-10(2-4(12)8-6)5(13)11(3)7/h2,6-7H2,1H3,(H,8,12). The lowest BCUT2D eigenvalue weighted by molar-refractivity contribution is -0.121. The highest BCUT2D eigenvalue weighted by atomic mass is 16.2. The van der Waals surface area contributed by atoms with Crippen molar-refractivity contribution in [3.8, 4) is 0 Å². The summed E-state index contributed by atoms with van der Waals surface area (Å²) in [5.74, 6) is 9.93. The number of hydrogen-bond acceptors (Lipinski definition) is 5. The molecule has 0 saturated carbocycles. The van der Waals surface area contributed by atoms with Crippen LogP contribution in [0.4, 0.5) is 0 Å². The van der Waals surface area contributed by atoms with Crippen molar-refractivity contribution < 1.29 is 4.79 Å². The maximum Gasteiger partial charge on any atom is 0.365 e. The van der Waals surface area contributed by atoms with Crippen LogP contribution in [0.25, 0.3) is 0 Å². The lowest BCUT2D eigenvalue weighted by Crippen LogP contribution is -2.38. The number of carbonyl (C=O) groups excluding carboxylic acids is 1. The molecule has 0 unspecified atom stereocenters. The zero-order valence-electron chi connectivity index (χ0n) is 7.02. The number of hydrazine groups is 1. The largest absolute Gasteiger partial charge is 0.365 e. The minimum atomic E-state index is -0.555. The highest BCUT2D eigenvalue weighted by Crippen LogP contribution is 1.83. The number of nitrogens with two attached hydrogens (primary N) is 2. The topological polar surface area (TPSA) is 121 Å². The third kappa shape index (κ3) is 1.67. The molecule has 0 saturated heterocycles. The molecule has 1 aromatic heterocycles. The van der Waals surface area contributed by atoms with Gasteiger partial charge in [0.15, 0.2) is 0 Å². The molecule has 1 amide bonds. The fourth-order valence-electron chi connectivity index (χ4n) is 0.813. The van der Waals surface area contributed by atoms with Crippen LogP contribution in [0.15, 0.2) is 4.79 Å². The number of rotatable bonds is 2. The van der Waals surface area contributed by atoms with E-state index in [0.717, 1.165) is 9.36 Å². The second-order valence-corrected chi connectivity index (χ2v) is 2.42. The predicted octanol–water partition coefficient (Wildman–Crippen LogP) is -2.94. The van der Waals surface area contributed by atoms with Gasteiger partial charge >= 0.3 is 5.69 Å². The maximum atomic E-state index is 11.2. The van der Waals surface area contributed by atoms with Gasteiger partial charge in [-0.1, -0.05) is 0 Å². The summed E-state index contributed by atoms with van der Waals surface area (Å²) in [6.07, 6.45) is 0. The zero-order chi connectivity index (χ0) is 10.0. The Labute approximate surface area is 73.1 Å². The van der Waals surface area contributed by atoms with Gasteiger partial charge in [0, 0.05) is 0 Å². The van der Waals surface area contributed by atoms with Crippen LogP contribution in [0, 0.1) is 6.92 Å². The van der Waals surface area contributed by atoms with Gasteiger partial charge in [0.1, 0.15) is 12.4 Å². The van der Waals surface area contributed by atoms with Gasteiger partial charge in [0.05, 0.1) is 0 Å². The van der Waals surface area contributed by atoms with Crippen LogP contribution < -0.4 is 22.8 Å². The summed E-state index contributed by atoms with van der Waals surface area (Å²) >= 11 is 0. The second-order valence-electron chi connectivity index (χ2n) is 2.42. The van der Waals surface area contributed by atoms with Crippen LogP contribution in [0.1, 0.15) is 5.82 Å². The summed E-state index contributed by atoms with van der Waals surface area (Å²) in [5, 5.41) is 3.72. The molecule has 0 aliphatic carbocycles. The molecule has 1 aromatic rings. The van der Waals surface area contributed by atoms with Crippen LogP contribution in [0.5, 0.6) is 0 Å². The lowest BCUT2D eigenvalue weighted by Gasteiger charge is -1.96. The van der Waals surface area contributed by atoms with Crippen molar-refractivity contribution in [2.75, 3.05) is 5.84 Å². The molecule has 5 N–H and O–H groups in total. The van der Waals surface area contributed by atoms with Crippen LogP contribution in [0.3, 0.4) is 0 Å². The Hall–Kier alpha value is -1.83. The third-order valence-electron chi connectivity index (χ3n) is 1.50. The Balaban J connectivity index is 2.97. The highest BCUT2D eigenvalue weighted by Gasteiger charge is 2.09. The van der Waals surface area contributed by atoms with Crippen LogP contribution in [0.2, 0.25) is 0 Å². The van der Waals surface area contributed by atoms with E-state index < -0.39 is 11.6 Å². The summed E-state index contributed by atoms with van der Waals surface area (Å²) in [5.41, 5.74) is 1.33. The number of aromatic nitrogens is 3. The monoisotopic (exact) mass is 186 g/mol. The molecule has 0 bridgehead atoms. The Bertz CT molecular complexity index is 377. The summed E-state index contributed by atoms with van der Waals surface area (Å²) < 4.78 is 1.78. The number of hydrogen-bond donors (Lipinski definition) is 3. The van der Waals surface area contributed by atoms with Crippen molar-refractivity contribution in [2.24, 2.45) is 5.84 Å². The molecule has 1 rings (SSSR count). The van der Waals surface area contributed by atoms with Gasteiger partial charge < -0.3 is 5.84 Å². The molecule has 72 valence electrons. The van der Waals surface area contributed by atoms with Gasteiger partial charge in [-0.15, -0.1) is 0 Å². The van der Waals surface area contributed by atoms with Gasteiger partial charge in [-0.3, -0.25) is 10.2 Å². The SMILES string of the molecule is Cc1nn(CC(=O)NN)c(=O)n1N. The van der Waals surface area contributed by atoms with E-state index in [-0.39, 0.29) is 6.54 Å². The van der Waals surface area contributed by atoms with Crippen LogP contribution in [-0.2, 0) is 11.3 Å². The average Bonchev–Trinajstić information content (AvgIpc) is 2.34. The van der Waals surface area contributed by atoms with Crippen molar-refractivity contribution in [1.82, 2.24) is 19.9 Å². The normalized spacial score (nSPS) is 10.0. The number of nitrogen functional groups attached to an aromatic ring is 1. The van der Waals surface area contributed by atoms with Gasteiger partial charge in [0.2, 0.25) is 0 Å². The number of nitrogens with zero attached hydrogens (tertiary/aromatic N) is 3. The Morgan fingerprint density at radius 1 is 1.69 bits per heavy atom. The Kier molecular flexibility index (Phi) is 2.33. The second kappa shape index (κ2) is 3.27. The quantitative estimate of drug-likeness (QED) is 0.259. The smallest absolute Gasteiger partial charge is 0.333 e. The molecule has 0 aromatic carbocycles. The van der Waals surface area contributed by atoms with E-state index in [9.17, 15) is 9.59 Å². The number of nitrogens with one attached hydrogen (secondary N) is 1. The first-order chi connectivity index (χ1) is 6.06. The predicted molar refractivity (Wildman–Crippen MR) is 43.7 cm³/mol. The first kappa shape index (κ1) is 9.26.